The summed E-state index contributed by atoms with van der Waals surface area (Å²) >= 11 is 0. The molecule has 0 aromatic rings. The van der Waals surface area contributed by atoms with E-state index in [-0.39, 0.29) is 0 Å². The smallest absolute Gasteiger partial charge is 0.128 e. The van der Waals surface area contributed by atoms with Crippen LogP contribution in [0.1, 0.15) is 20.8 Å². The maximum absolute atomic E-state index is 5.98. The van der Waals surface area contributed by atoms with Gasteiger partial charge in [-0.3, -0.25) is 0 Å². The van der Waals surface area contributed by atoms with Crippen molar-refractivity contribution in [2.45, 2.75) is 40.4 Å². The van der Waals surface area contributed by atoms with Gasteiger partial charge in [0.2, 0.25) is 0 Å². The van der Waals surface area contributed by atoms with Gasteiger partial charge in [0.15, 0.2) is 0 Å². The Labute approximate surface area is 87.0 Å². The normalized spacial score (nSPS) is 14.6. The molecule has 0 saturated carbocycles. The van der Waals surface area contributed by atoms with Gasteiger partial charge in [-0.05, 0) is 11.6 Å². The minimum atomic E-state index is -1.22. The van der Waals surface area contributed by atoms with E-state index in [1.807, 2.05) is 0 Å². The van der Waals surface area contributed by atoms with Crippen molar-refractivity contribution in [1.82, 2.24) is 0 Å². The highest BCUT2D eigenvalue weighted by Gasteiger charge is 2.14. The minimum Gasteiger partial charge on any atom is -0.128 e. The van der Waals surface area contributed by atoms with Gasteiger partial charge in [0.05, 0.1) is 0 Å². The Balaban J connectivity index is 4.14. The first-order valence-electron chi connectivity index (χ1n) is 4.65. The molecule has 0 nitrogen and oxygen atoms in total. The quantitative estimate of drug-likeness (QED) is 0.353. The van der Waals surface area contributed by atoms with Gasteiger partial charge < -0.3 is 0 Å². The Morgan fingerprint density at radius 2 is 1.69 bits per heavy atom. The topological polar surface area (TPSA) is 0 Å². The van der Waals surface area contributed by atoms with E-state index in [0.717, 1.165) is 6.16 Å². The third-order valence-electron chi connectivity index (χ3n) is 1.22. The summed E-state index contributed by atoms with van der Waals surface area (Å²) in [6, 6.07) is 0. The summed E-state index contributed by atoms with van der Waals surface area (Å²) in [4.78, 5) is 0. The van der Waals surface area contributed by atoms with Crippen LogP contribution in [0.3, 0.4) is 0 Å². The van der Waals surface area contributed by atoms with Gasteiger partial charge in [-0.25, -0.2) is 0 Å². The van der Waals surface area contributed by atoms with Gasteiger partial charge in [0.25, 0.3) is 0 Å². The molecule has 2 radical (unpaired) electrons. The van der Waals surface area contributed by atoms with E-state index in [1.54, 1.807) is 0 Å². The summed E-state index contributed by atoms with van der Waals surface area (Å²) in [5.41, 5.74) is 6.88. The predicted octanol–water partition coefficient (Wildman–Crippen LogP) is 3.44. The van der Waals surface area contributed by atoms with Crippen molar-refractivity contribution in [2.24, 2.45) is 5.41 Å². The Morgan fingerprint density at radius 3 is 2.00 bits per heavy atom. The number of hydrogen-bond donors (Lipinski definition) is 0. The summed E-state index contributed by atoms with van der Waals surface area (Å²) in [5, 5.41) is 0. The first-order valence-corrected chi connectivity index (χ1v) is 9.75. The van der Waals surface area contributed by atoms with E-state index < -0.39 is 15.9 Å². The average molecular weight is 210 g/mol. The lowest BCUT2D eigenvalue weighted by Crippen LogP contribution is -2.16. The van der Waals surface area contributed by atoms with E-state index in [1.165, 1.54) is 0 Å². The third kappa shape index (κ3) is 10.2. The van der Waals surface area contributed by atoms with Gasteiger partial charge in [-0.1, -0.05) is 53.9 Å². The van der Waals surface area contributed by atoms with Gasteiger partial charge >= 0.3 is 0 Å². The summed E-state index contributed by atoms with van der Waals surface area (Å²) in [6.07, 6.45) is 1.04. The van der Waals surface area contributed by atoms with Crippen molar-refractivity contribution in [3.8, 4) is 11.2 Å². The first kappa shape index (κ1) is 13.3. The molecular weight excluding hydrogens is 190 g/mol. The molecular formula is C10H20BPSi. The molecule has 0 aliphatic carbocycles. The molecule has 0 saturated heterocycles. The van der Waals surface area contributed by atoms with Crippen LogP contribution in [0.2, 0.25) is 19.6 Å². The number of rotatable bonds is 1. The monoisotopic (exact) mass is 210 g/mol. The van der Waals surface area contributed by atoms with Crippen molar-refractivity contribution in [1.29, 1.82) is 0 Å². The SMILES string of the molecule is [B]P(C#C[Si](C)(C)C)CC(C)(C)C. The second kappa shape index (κ2) is 4.67. The lowest BCUT2D eigenvalue weighted by Gasteiger charge is -2.20. The predicted molar refractivity (Wildman–Crippen MR) is 68.1 cm³/mol. The molecule has 0 aromatic carbocycles. The van der Waals surface area contributed by atoms with Crippen LogP contribution in [0.4, 0.5) is 0 Å². The molecule has 13 heavy (non-hydrogen) atoms. The lowest BCUT2D eigenvalue weighted by molar-refractivity contribution is 0.479. The van der Waals surface area contributed by atoms with E-state index in [4.69, 9.17) is 7.57 Å². The minimum absolute atomic E-state index is 0.314. The van der Waals surface area contributed by atoms with Gasteiger partial charge in [0, 0.05) is 0 Å². The van der Waals surface area contributed by atoms with Crippen molar-refractivity contribution >= 4 is 23.4 Å². The molecule has 1 atom stereocenters. The van der Waals surface area contributed by atoms with Crippen LogP contribution in [0.15, 0.2) is 0 Å². The fourth-order valence-corrected chi connectivity index (χ4v) is 3.81. The van der Waals surface area contributed by atoms with Crippen molar-refractivity contribution < 1.29 is 0 Å². The highest BCUT2D eigenvalue weighted by Crippen LogP contribution is 2.35. The molecule has 0 heterocycles. The maximum atomic E-state index is 5.98. The van der Waals surface area contributed by atoms with E-state index >= 15 is 0 Å². The Bertz CT molecular complexity index is 214. The second-order valence-electron chi connectivity index (χ2n) is 5.68. The zero-order valence-electron chi connectivity index (χ0n) is 9.73. The number of hydrogen-bond acceptors (Lipinski definition) is 0. The molecule has 0 bridgehead atoms. The van der Waals surface area contributed by atoms with Gasteiger partial charge in [-0.2, -0.15) is 0 Å². The zero-order valence-corrected chi connectivity index (χ0v) is 11.6. The Hall–Kier alpha value is 0.272. The summed E-state index contributed by atoms with van der Waals surface area (Å²) in [5.74, 6) is 0. The van der Waals surface area contributed by atoms with Crippen LogP contribution in [-0.4, -0.2) is 21.8 Å². The summed E-state index contributed by atoms with van der Waals surface area (Å²) in [7, 11) is 4.20. The van der Waals surface area contributed by atoms with Crippen LogP contribution in [0, 0.1) is 16.6 Å². The van der Waals surface area contributed by atoms with Crippen LogP contribution >= 0.6 is 7.80 Å². The lowest BCUT2D eigenvalue weighted by atomic mass is 10.0. The fraction of sp³-hybridized carbons (Fsp3) is 0.800. The molecule has 72 valence electrons. The van der Waals surface area contributed by atoms with Crippen molar-refractivity contribution in [3.63, 3.8) is 0 Å². The molecule has 1 unspecified atom stereocenters. The molecule has 0 rings (SSSR count). The van der Waals surface area contributed by atoms with Gasteiger partial charge in [-0.15, -0.1) is 5.54 Å². The van der Waals surface area contributed by atoms with Crippen LogP contribution in [0.25, 0.3) is 0 Å². The average Bonchev–Trinajstić information content (AvgIpc) is 1.78. The summed E-state index contributed by atoms with van der Waals surface area (Å²) in [6.45, 7) is 13.4. The highest BCUT2D eigenvalue weighted by molar-refractivity contribution is 7.86. The molecule has 0 aromatic heterocycles. The molecule has 0 spiro atoms. The van der Waals surface area contributed by atoms with Crippen molar-refractivity contribution in [2.75, 3.05) is 6.16 Å². The molecule has 0 N–H and O–H groups in total. The van der Waals surface area contributed by atoms with Crippen LogP contribution in [0.5, 0.6) is 0 Å². The largest absolute Gasteiger partial charge is 0.129 e. The van der Waals surface area contributed by atoms with E-state index in [2.05, 4.69) is 51.6 Å². The molecule has 0 aliphatic heterocycles. The first-order chi connectivity index (χ1) is 5.60. The highest BCUT2D eigenvalue weighted by atomic mass is 31.1. The zero-order chi connectivity index (χ0) is 10.7. The Morgan fingerprint density at radius 1 is 1.23 bits per heavy atom. The fourth-order valence-electron chi connectivity index (χ4n) is 0.790. The van der Waals surface area contributed by atoms with Crippen molar-refractivity contribution in [3.05, 3.63) is 0 Å². The standard InChI is InChI=1S/C10H20BPSi/c1-10(2,3)9-12(11)7-8-13(4,5)6/h9H2,1-6H3. The molecule has 0 fully saturated rings. The second-order valence-corrected chi connectivity index (χ2v) is 11.9. The van der Waals surface area contributed by atoms with E-state index in [0.29, 0.717) is 5.41 Å². The Kier molecular flexibility index (Phi) is 4.77. The van der Waals surface area contributed by atoms with Crippen LogP contribution < -0.4 is 0 Å². The molecule has 0 aliphatic rings. The maximum Gasteiger partial charge on any atom is 0.129 e. The van der Waals surface area contributed by atoms with E-state index in [9.17, 15) is 0 Å². The van der Waals surface area contributed by atoms with Crippen LogP contribution in [-0.2, 0) is 0 Å². The summed E-state index contributed by atoms with van der Waals surface area (Å²) < 4.78 is 0. The third-order valence-corrected chi connectivity index (χ3v) is 3.99. The molecule has 3 heteroatoms. The molecule has 0 amide bonds. The van der Waals surface area contributed by atoms with Gasteiger partial charge in [0.1, 0.15) is 15.6 Å².